The van der Waals surface area contributed by atoms with Crippen molar-refractivity contribution in [2.24, 2.45) is 0 Å². The first-order valence-corrected chi connectivity index (χ1v) is 10.0. The summed E-state index contributed by atoms with van der Waals surface area (Å²) in [6.07, 6.45) is 0.552. The number of aliphatic hydroxyl groups is 1. The van der Waals surface area contributed by atoms with Crippen molar-refractivity contribution in [1.29, 1.82) is 0 Å². The minimum Gasteiger partial charge on any atom is -0.489 e. The zero-order chi connectivity index (χ0) is 23.8. The van der Waals surface area contributed by atoms with Gasteiger partial charge in [-0.2, -0.15) is 0 Å². The zero-order valence-electron chi connectivity index (χ0n) is 17.6. The maximum absolute atomic E-state index is 11.2. The molecule has 0 bridgehead atoms. The molecule has 1 N–H and O–H groups in total. The highest BCUT2D eigenvalue weighted by molar-refractivity contribution is 6.42. The average Bonchev–Trinajstić information content (AvgIpc) is 2.79. The molecule has 0 saturated heterocycles. The fourth-order valence-corrected chi connectivity index (χ4v) is 2.11. The van der Waals surface area contributed by atoms with Crippen LogP contribution in [0.2, 0.25) is 10.0 Å². The number of allylic oxidation sites excluding steroid dienone is 2. The molecule has 0 aliphatic rings. The van der Waals surface area contributed by atoms with Crippen molar-refractivity contribution in [2.75, 3.05) is 14.2 Å². The minimum absolute atomic E-state index is 0.329. The third-order valence-corrected chi connectivity index (χ3v) is 4.46. The van der Waals surface area contributed by atoms with Crippen molar-refractivity contribution in [3.63, 3.8) is 0 Å². The van der Waals surface area contributed by atoms with Crippen LogP contribution in [0.25, 0.3) is 0 Å². The Morgan fingerprint density at radius 1 is 1.10 bits per heavy atom. The third-order valence-electron chi connectivity index (χ3n) is 3.50. The lowest BCUT2D eigenvalue weighted by molar-refractivity contribution is -0.150. The van der Waals surface area contributed by atoms with Crippen LogP contribution in [0, 0.1) is 0 Å². The van der Waals surface area contributed by atoms with Gasteiger partial charge in [0.05, 0.1) is 24.3 Å². The van der Waals surface area contributed by atoms with Crippen LogP contribution in [0.1, 0.15) is 31.1 Å². The summed E-state index contributed by atoms with van der Waals surface area (Å²) in [5, 5.41) is 11.5. The Balaban J connectivity index is 0.000000846. The average molecular weight is 492 g/mol. The Labute approximate surface area is 197 Å². The molecular weight excluding hydrogens is 467 g/mol. The molecule has 0 aromatic heterocycles. The highest BCUT2D eigenvalue weighted by atomic mass is 35.5. The predicted octanol–water partition coefficient (Wildman–Crippen LogP) is 5.72. The number of halogens is 3. The number of hydrogen-bond acceptors (Lipinski definition) is 6. The van der Waals surface area contributed by atoms with Crippen LogP contribution in [0.5, 0.6) is 5.75 Å². The Morgan fingerprint density at radius 2 is 1.65 bits per heavy atom. The number of aliphatic hydroxyl groups excluding tert-OH is 1. The standard InChI is InChI=1S/C16H14Cl2O4.C4H7Cl.C2H4O2/c1-21-16(20)15(19)11-3-5-12(6-4-11)22-9-10-2-7-13(17)14(18)8-10;1-3-4(2)5;1-4-2-3/h2-8,15,19H,9H2,1H3;3H,1-2H3;2H,1H3/b;4-3+;. The maximum atomic E-state index is 11.2. The van der Waals surface area contributed by atoms with E-state index in [-0.39, 0.29) is 0 Å². The summed E-state index contributed by atoms with van der Waals surface area (Å²) in [7, 11) is 2.54. The Kier molecular flexibility index (Phi) is 15.3. The van der Waals surface area contributed by atoms with Gasteiger partial charge in [-0.3, -0.25) is 4.79 Å². The summed E-state index contributed by atoms with van der Waals surface area (Å²) in [5.74, 6) is -0.101. The molecule has 170 valence electrons. The van der Waals surface area contributed by atoms with E-state index in [1.807, 2.05) is 26.0 Å². The molecule has 0 radical (unpaired) electrons. The number of hydrogen-bond donors (Lipinski definition) is 1. The van der Waals surface area contributed by atoms with Crippen LogP contribution in [0.15, 0.2) is 53.6 Å². The molecule has 1 atom stereocenters. The van der Waals surface area contributed by atoms with Crippen molar-refractivity contribution >= 4 is 47.2 Å². The smallest absolute Gasteiger partial charge is 0.339 e. The first-order chi connectivity index (χ1) is 14.7. The molecule has 2 rings (SSSR count). The molecule has 0 amide bonds. The summed E-state index contributed by atoms with van der Waals surface area (Å²) >= 11 is 17.1. The van der Waals surface area contributed by atoms with Gasteiger partial charge in [0, 0.05) is 5.03 Å². The Hall–Kier alpha value is -2.25. The summed E-state index contributed by atoms with van der Waals surface area (Å²) in [4.78, 5) is 20.2. The van der Waals surface area contributed by atoms with Gasteiger partial charge in [0.25, 0.3) is 6.47 Å². The van der Waals surface area contributed by atoms with E-state index in [9.17, 15) is 9.90 Å². The van der Waals surface area contributed by atoms with Crippen LogP contribution in [0.3, 0.4) is 0 Å². The zero-order valence-corrected chi connectivity index (χ0v) is 19.9. The summed E-state index contributed by atoms with van der Waals surface area (Å²) < 4.78 is 13.9. The molecule has 0 spiro atoms. The Morgan fingerprint density at radius 3 is 2.06 bits per heavy atom. The van der Waals surface area contributed by atoms with E-state index in [0.29, 0.717) is 34.4 Å². The molecule has 31 heavy (non-hydrogen) atoms. The van der Waals surface area contributed by atoms with Gasteiger partial charge in [0.2, 0.25) is 0 Å². The van der Waals surface area contributed by atoms with Crippen molar-refractivity contribution in [2.45, 2.75) is 26.6 Å². The first-order valence-electron chi connectivity index (χ1n) is 8.87. The van der Waals surface area contributed by atoms with E-state index in [0.717, 1.165) is 10.6 Å². The number of carbonyl (C=O) groups excluding carboxylic acids is 2. The van der Waals surface area contributed by atoms with Crippen LogP contribution in [0.4, 0.5) is 0 Å². The second kappa shape index (κ2) is 16.4. The van der Waals surface area contributed by atoms with Crippen LogP contribution >= 0.6 is 34.8 Å². The van der Waals surface area contributed by atoms with Crippen molar-refractivity contribution < 1.29 is 28.9 Å². The van der Waals surface area contributed by atoms with E-state index in [2.05, 4.69) is 9.47 Å². The quantitative estimate of drug-likeness (QED) is 0.411. The van der Waals surface area contributed by atoms with Gasteiger partial charge in [-0.1, -0.05) is 59.1 Å². The molecule has 2 aromatic carbocycles. The SMILES string of the molecule is C/C=C(\C)Cl.COC(=O)C(O)c1ccc(OCc2ccc(Cl)c(Cl)c2)cc1.COC=O. The van der Waals surface area contributed by atoms with Gasteiger partial charge in [-0.05, 0) is 49.2 Å². The normalized spacial score (nSPS) is 11.0. The fraction of sp³-hybridized carbons (Fsp3) is 0.273. The van der Waals surface area contributed by atoms with Gasteiger partial charge in [-0.25, -0.2) is 4.79 Å². The van der Waals surface area contributed by atoms with Crippen molar-refractivity contribution in [1.82, 2.24) is 0 Å². The molecule has 0 aliphatic carbocycles. The summed E-state index contributed by atoms with van der Waals surface area (Å²) in [5.41, 5.74) is 1.32. The molecule has 0 heterocycles. The molecule has 0 aliphatic heterocycles. The molecule has 0 saturated carbocycles. The number of carbonyl (C=O) groups is 2. The molecule has 1 unspecified atom stereocenters. The lowest BCUT2D eigenvalue weighted by Gasteiger charge is -2.10. The first kappa shape index (κ1) is 28.8. The lowest BCUT2D eigenvalue weighted by Crippen LogP contribution is -2.13. The third kappa shape index (κ3) is 12.3. The highest BCUT2D eigenvalue weighted by Crippen LogP contribution is 2.24. The summed E-state index contributed by atoms with van der Waals surface area (Å²) in [6.45, 7) is 4.46. The largest absolute Gasteiger partial charge is 0.489 e. The van der Waals surface area contributed by atoms with Gasteiger partial charge in [-0.15, -0.1) is 0 Å². The van der Waals surface area contributed by atoms with Gasteiger partial charge >= 0.3 is 5.97 Å². The van der Waals surface area contributed by atoms with E-state index < -0.39 is 12.1 Å². The van der Waals surface area contributed by atoms with Crippen LogP contribution in [-0.2, 0) is 25.7 Å². The van der Waals surface area contributed by atoms with E-state index in [4.69, 9.17) is 44.3 Å². The number of methoxy groups -OCH3 is 2. The summed E-state index contributed by atoms with van der Waals surface area (Å²) in [6, 6.07) is 11.8. The number of esters is 1. The Bertz CT molecular complexity index is 834. The molecule has 6 nitrogen and oxygen atoms in total. The fourth-order valence-electron chi connectivity index (χ4n) is 1.79. The topological polar surface area (TPSA) is 82.1 Å². The second-order valence-electron chi connectivity index (χ2n) is 5.74. The minimum atomic E-state index is -1.30. The predicted molar refractivity (Wildman–Crippen MR) is 123 cm³/mol. The van der Waals surface area contributed by atoms with Crippen LogP contribution < -0.4 is 4.74 Å². The van der Waals surface area contributed by atoms with Gasteiger partial charge in [0.1, 0.15) is 12.4 Å². The molecule has 0 fully saturated rings. The lowest BCUT2D eigenvalue weighted by atomic mass is 10.1. The van der Waals surface area contributed by atoms with Crippen molar-refractivity contribution in [3.8, 4) is 5.75 Å². The molecule has 2 aromatic rings. The number of rotatable bonds is 6. The monoisotopic (exact) mass is 490 g/mol. The van der Waals surface area contributed by atoms with Gasteiger partial charge < -0.3 is 19.3 Å². The number of benzene rings is 2. The van der Waals surface area contributed by atoms with E-state index >= 15 is 0 Å². The second-order valence-corrected chi connectivity index (χ2v) is 7.15. The van der Waals surface area contributed by atoms with E-state index in [1.165, 1.54) is 14.2 Å². The highest BCUT2D eigenvalue weighted by Gasteiger charge is 2.17. The van der Waals surface area contributed by atoms with E-state index in [1.54, 1.807) is 36.4 Å². The van der Waals surface area contributed by atoms with Gasteiger partial charge in [0.15, 0.2) is 6.10 Å². The van der Waals surface area contributed by atoms with Crippen molar-refractivity contribution in [3.05, 3.63) is 74.7 Å². The van der Waals surface area contributed by atoms with Crippen LogP contribution in [-0.4, -0.2) is 31.8 Å². The maximum Gasteiger partial charge on any atom is 0.339 e. The number of ether oxygens (including phenoxy) is 3. The molecule has 9 heteroatoms. The molecular formula is C22H25Cl3O6.